The summed E-state index contributed by atoms with van der Waals surface area (Å²) in [6.07, 6.45) is -9.28. The Kier molecular flexibility index (Phi) is 9.42. The number of aryl methyl sites for hydroxylation is 1. The van der Waals surface area contributed by atoms with Crippen molar-refractivity contribution < 1.29 is 50.5 Å². The Hall–Kier alpha value is -4.33. The van der Waals surface area contributed by atoms with Crippen LogP contribution in [0.1, 0.15) is 54.1 Å². The number of hydrogen-bond donors (Lipinski definition) is 2. The number of aliphatic hydroxyl groups is 1. The van der Waals surface area contributed by atoms with Gasteiger partial charge >= 0.3 is 18.4 Å². The average molecular weight is 626 g/mol. The number of urea groups is 1. The van der Waals surface area contributed by atoms with Crippen LogP contribution in [0.3, 0.4) is 0 Å². The molecule has 1 aromatic heterocycles. The highest BCUT2D eigenvalue weighted by Gasteiger charge is 2.71. The molecular weight excluding hydrogens is 596 g/mol. The van der Waals surface area contributed by atoms with Gasteiger partial charge in [0.2, 0.25) is 12.3 Å². The zero-order valence-corrected chi connectivity index (χ0v) is 23.6. The van der Waals surface area contributed by atoms with E-state index in [2.05, 4.69) is 10.3 Å². The summed E-state index contributed by atoms with van der Waals surface area (Å²) in [5.41, 5.74) is -4.25. The summed E-state index contributed by atoms with van der Waals surface area (Å²) in [4.78, 5) is 29.6. The number of rotatable bonds is 10. The van der Waals surface area contributed by atoms with Gasteiger partial charge in [-0.2, -0.15) is 26.3 Å². The van der Waals surface area contributed by atoms with Crippen molar-refractivity contribution in [3.8, 4) is 17.4 Å². The van der Waals surface area contributed by atoms with Gasteiger partial charge in [0.1, 0.15) is 11.5 Å². The highest BCUT2D eigenvalue weighted by atomic mass is 19.4. The molecule has 14 heteroatoms. The van der Waals surface area contributed by atoms with Gasteiger partial charge in [0.15, 0.2) is 0 Å². The van der Waals surface area contributed by atoms with Gasteiger partial charge in [0.25, 0.3) is 5.60 Å². The van der Waals surface area contributed by atoms with E-state index in [0.29, 0.717) is 37.1 Å². The Balaban J connectivity index is 1.50. The summed E-state index contributed by atoms with van der Waals surface area (Å²) < 4.78 is 91.7. The van der Waals surface area contributed by atoms with Crippen molar-refractivity contribution in [3.63, 3.8) is 0 Å². The number of amides is 3. The van der Waals surface area contributed by atoms with Gasteiger partial charge in [0, 0.05) is 24.2 Å². The molecule has 44 heavy (non-hydrogen) atoms. The van der Waals surface area contributed by atoms with E-state index in [1.165, 1.54) is 18.3 Å². The summed E-state index contributed by atoms with van der Waals surface area (Å²) in [5.74, 6) is 0.624. The number of benzene rings is 2. The minimum Gasteiger partial charge on any atom is -0.493 e. The van der Waals surface area contributed by atoms with Crippen molar-refractivity contribution in [3.05, 3.63) is 82.5 Å². The molecular formula is C30H29F6N3O5. The third-order valence-corrected chi connectivity index (χ3v) is 7.13. The van der Waals surface area contributed by atoms with Crippen LogP contribution in [0.25, 0.3) is 0 Å². The van der Waals surface area contributed by atoms with Crippen LogP contribution in [0.5, 0.6) is 17.4 Å². The number of nitrogens with one attached hydrogen (secondary N) is 1. The van der Waals surface area contributed by atoms with E-state index in [0.717, 1.165) is 34.3 Å². The van der Waals surface area contributed by atoms with Gasteiger partial charge < -0.3 is 19.9 Å². The van der Waals surface area contributed by atoms with E-state index >= 15 is 0 Å². The Labute approximate surface area is 248 Å². The van der Waals surface area contributed by atoms with Gasteiger partial charge in [-0.25, -0.2) is 9.78 Å². The lowest BCUT2D eigenvalue weighted by atomic mass is 9.90. The normalized spacial score (nSPS) is 13.9. The number of ether oxygens (including phenoxy) is 2. The largest absolute Gasteiger partial charge is 0.493 e. The van der Waals surface area contributed by atoms with Crippen LogP contribution in [-0.4, -0.2) is 46.4 Å². The molecule has 2 N–H and O–H groups in total. The van der Waals surface area contributed by atoms with Crippen LogP contribution in [0.4, 0.5) is 31.1 Å². The highest BCUT2D eigenvalue weighted by Crippen LogP contribution is 2.50. The van der Waals surface area contributed by atoms with Gasteiger partial charge in [0.05, 0.1) is 19.2 Å². The first kappa shape index (κ1) is 32.6. The van der Waals surface area contributed by atoms with Crippen molar-refractivity contribution in [2.45, 2.75) is 63.7 Å². The van der Waals surface area contributed by atoms with Gasteiger partial charge in [-0.3, -0.25) is 9.69 Å². The Bertz CT molecular complexity index is 1500. The van der Waals surface area contributed by atoms with E-state index in [4.69, 9.17) is 9.47 Å². The second-order valence-corrected chi connectivity index (χ2v) is 10.3. The highest BCUT2D eigenvalue weighted by molar-refractivity contribution is 5.85. The van der Waals surface area contributed by atoms with E-state index in [-0.39, 0.29) is 30.2 Å². The third kappa shape index (κ3) is 6.74. The first-order valence-corrected chi connectivity index (χ1v) is 13.6. The molecule has 0 fully saturated rings. The van der Waals surface area contributed by atoms with Crippen molar-refractivity contribution >= 4 is 12.4 Å². The van der Waals surface area contributed by atoms with Gasteiger partial charge in [-0.1, -0.05) is 25.5 Å². The lowest BCUT2D eigenvalue weighted by Crippen LogP contribution is -2.53. The summed E-state index contributed by atoms with van der Waals surface area (Å²) in [5, 5.41) is 12.6. The molecule has 4 rings (SSSR count). The molecule has 0 saturated carbocycles. The first-order valence-electron chi connectivity index (χ1n) is 13.6. The van der Waals surface area contributed by atoms with Gasteiger partial charge in [-0.05, 0) is 65.9 Å². The molecule has 3 aromatic rings. The summed E-state index contributed by atoms with van der Waals surface area (Å²) in [6, 6.07) is 9.34. The molecule has 0 radical (unpaired) electrons. The lowest BCUT2D eigenvalue weighted by molar-refractivity contribution is -0.376. The van der Waals surface area contributed by atoms with Crippen LogP contribution in [0.15, 0.2) is 54.7 Å². The monoisotopic (exact) mass is 625 g/mol. The quantitative estimate of drug-likeness (QED) is 0.197. The van der Waals surface area contributed by atoms with Crippen LogP contribution < -0.4 is 14.8 Å². The number of aromatic nitrogens is 1. The molecule has 0 bridgehead atoms. The van der Waals surface area contributed by atoms with E-state index < -0.39 is 35.6 Å². The smallest absolute Gasteiger partial charge is 0.430 e. The molecule has 0 aliphatic carbocycles. The van der Waals surface area contributed by atoms with Crippen molar-refractivity contribution in [2.24, 2.45) is 0 Å². The molecule has 2 aromatic carbocycles. The van der Waals surface area contributed by atoms with E-state index in [1.807, 2.05) is 18.2 Å². The standard InChI is InChI=1S/C30H29F6N3O5/c1-3-4-21-15-23(28(42,29(31,32)33)30(34,35)36)6-8-25(21)44-26-13-19(9-11-37-26)16-39(17-40)27(41)38-18(2)20-5-7-24-22(14-20)10-12-43-24/h5-9,11,13-15,17-18,42H,3-4,10,12,16H2,1-2H3,(H,38,41). The van der Waals surface area contributed by atoms with Crippen LogP contribution in [0, 0.1) is 0 Å². The minimum absolute atomic E-state index is 0.0230. The average Bonchev–Trinajstić information content (AvgIpc) is 3.43. The zero-order chi connectivity index (χ0) is 32.3. The molecule has 0 saturated heterocycles. The Morgan fingerprint density at radius 1 is 1.11 bits per heavy atom. The van der Waals surface area contributed by atoms with Crippen molar-refractivity contribution in [2.75, 3.05) is 6.61 Å². The SMILES string of the molecule is CCCc1cc(C(O)(C(F)(F)F)C(F)(F)F)ccc1Oc1cc(CN(C=O)C(=O)NC(C)c2ccc3c(c2)CCO3)ccn1. The number of halogens is 6. The van der Waals surface area contributed by atoms with Crippen LogP contribution >= 0.6 is 0 Å². The topological polar surface area (TPSA) is 101 Å². The fourth-order valence-corrected chi connectivity index (χ4v) is 4.76. The second kappa shape index (κ2) is 12.7. The van der Waals surface area contributed by atoms with Crippen LogP contribution in [0.2, 0.25) is 0 Å². The zero-order valence-electron chi connectivity index (χ0n) is 23.6. The number of alkyl halides is 6. The molecule has 3 amide bonds. The first-order chi connectivity index (χ1) is 20.7. The van der Waals surface area contributed by atoms with Crippen molar-refractivity contribution in [1.29, 1.82) is 0 Å². The van der Waals surface area contributed by atoms with E-state index in [9.17, 15) is 41.0 Å². The molecule has 1 aliphatic heterocycles. The fourth-order valence-electron chi connectivity index (χ4n) is 4.76. The number of carbonyl (C=O) groups excluding carboxylic acids is 2. The predicted octanol–water partition coefficient (Wildman–Crippen LogP) is 6.50. The van der Waals surface area contributed by atoms with Crippen molar-refractivity contribution in [1.82, 2.24) is 15.2 Å². The summed E-state index contributed by atoms with van der Waals surface area (Å²) in [7, 11) is 0. The molecule has 8 nitrogen and oxygen atoms in total. The number of hydrogen-bond acceptors (Lipinski definition) is 6. The van der Waals surface area contributed by atoms with Gasteiger partial charge in [-0.15, -0.1) is 0 Å². The number of nitrogens with zero attached hydrogens (tertiary/aromatic N) is 2. The summed E-state index contributed by atoms with van der Waals surface area (Å²) in [6.45, 7) is 3.82. The maximum Gasteiger partial charge on any atom is 0.430 e. The number of fused-ring (bicyclic) bond motifs is 1. The minimum atomic E-state index is -6.03. The third-order valence-electron chi connectivity index (χ3n) is 7.13. The number of imide groups is 1. The second-order valence-electron chi connectivity index (χ2n) is 10.3. The van der Waals surface area contributed by atoms with Crippen LogP contribution in [-0.2, 0) is 29.8 Å². The van der Waals surface area contributed by atoms with E-state index in [1.54, 1.807) is 13.8 Å². The maximum absolute atomic E-state index is 13.4. The molecule has 2 heterocycles. The molecule has 1 aliphatic rings. The summed E-state index contributed by atoms with van der Waals surface area (Å²) >= 11 is 0. The fraction of sp³-hybridized carbons (Fsp3) is 0.367. The molecule has 0 spiro atoms. The number of pyridine rings is 1. The predicted molar refractivity (Wildman–Crippen MR) is 145 cm³/mol. The molecule has 236 valence electrons. The number of carbonyl (C=O) groups is 2. The lowest BCUT2D eigenvalue weighted by Gasteiger charge is -2.33. The molecule has 1 unspecified atom stereocenters. The molecule has 1 atom stereocenters. The Morgan fingerprint density at radius 3 is 2.50 bits per heavy atom. The Morgan fingerprint density at radius 2 is 1.84 bits per heavy atom. The maximum atomic E-state index is 13.4.